The predicted octanol–water partition coefficient (Wildman–Crippen LogP) is 3.55. The zero-order valence-corrected chi connectivity index (χ0v) is 6.65. The Hall–Kier alpha value is -0.660. The first-order valence-electron chi connectivity index (χ1n) is 3.72. The third-order valence-corrected chi connectivity index (χ3v) is 1.43. The molecule has 0 N–H and O–H groups in total. The molecule has 0 heterocycles. The quantitative estimate of drug-likeness (QED) is 0.521. The van der Waals surface area contributed by atoms with Crippen LogP contribution >= 0.6 is 0 Å². The lowest BCUT2D eigenvalue weighted by molar-refractivity contribution is -0.0141. The van der Waals surface area contributed by atoms with Gasteiger partial charge in [0.2, 0.25) is 5.92 Å². The molecule has 2 heteroatoms. The van der Waals surface area contributed by atoms with E-state index in [4.69, 9.17) is 0 Å². The predicted molar refractivity (Wildman–Crippen MR) is 43.8 cm³/mol. The summed E-state index contributed by atoms with van der Waals surface area (Å²) in [5.74, 6) is -2.54. The van der Waals surface area contributed by atoms with Crippen molar-refractivity contribution in [3.8, 4) is 0 Å². The third-order valence-electron chi connectivity index (χ3n) is 1.43. The van der Waals surface area contributed by atoms with E-state index >= 15 is 0 Å². The highest BCUT2D eigenvalue weighted by molar-refractivity contribution is 4.77. The van der Waals surface area contributed by atoms with E-state index in [9.17, 15) is 8.78 Å². The lowest BCUT2D eigenvalue weighted by atomic mass is 10.1. The zero-order valence-electron chi connectivity index (χ0n) is 6.65. The molecular weight excluding hydrogens is 146 g/mol. The molecule has 0 aromatic carbocycles. The molecule has 11 heavy (non-hydrogen) atoms. The Morgan fingerprint density at radius 3 is 1.64 bits per heavy atom. The smallest absolute Gasteiger partial charge is 0.207 e. The number of allylic oxidation sites excluding steroid dienone is 2. The van der Waals surface area contributed by atoms with Crippen LogP contribution in [-0.4, -0.2) is 5.92 Å². The fourth-order valence-corrected chi connectivity index (χ4v) is 0.751. The van der Waals surface area contributed by atoms with Crippen LogP contribution in [0.25, 0.3) is 0 Å². The summed E-state index contributed by atoms with van der Waals surface area (Å²) in [5.41, 5.74) is 0. The van der Waals surface area contributed by atoms with Gasteiger partial charge >= 0.3 is 0 Å². The monoisotopic (exact) mass is 160 g/mol. The molecule has 0 aliphatic heterocycles. The highest BCUT2D eigenvalue weighted by Gasteiger charge is 2.25. The molecule has 0 aliphatic rings. The van der Waals surface area contributed by atoms with Crippen LogP contribution in [0.3, 0.4) is 0 Å². The van der Waals surface area contributed by atoms with Crippen LogP contribution in [0.2, 0.25) is 0 Å². The Morgan fingerprint density at radius 1 is 1.00 bits per heavy atom. The molecule has 0 unspecified atom stereocenters. The Morgan fingerprint density at radius 2 is 1.36 bits per heavy atom. The van der Waals surface area contributed by atoms with Gasteiger partial charge in [0.05, 0.1) is 0 Å². The summed E-state index contributed by atoms with van der Waals surface area (Å²) in [5, 5.41) is 0. The van der Waals surface area contributed by atoms with Crippen LogP contribution in [0.4, 0.5) is 8.78 Å². The molecular formula is C9H14F2. The van der Waals surface area contributed by atoms with Gasteiger partial charge in [-0.3, -0.25) is 0 Å². The molecule has 0 fully saturated rings. The standard InChI is InChI=1S/C9H14F2/c1-3-5-7-9(10,11)8-6-4-2/h3-4H,1-2,5-8H2. The van der Waals surface area contributed by atoms with Gasteiger partial charge in [0.25, 0.3) is 0 Å². The molecule has 0 aromatic rings. The van der Waals surface area contributed by atoms with Gasteiger partial charge in [-0.1, -0.05) is 12.2 Å². The van der Waals surface area contributed by atoms with Gasteiger partial charge in [-0.25, -0.2) is 8.78 Å². The van der Waals surface area contributed by atoms with E-state index in [-0.39, 0.29) is 12.8 Å². The molecule has 0 nitrogen and oxygen atoms in total. The van der Waals surface area contributed by atoms with Crippen molar-refractivity contribution in [1.29, 1.82) is 0 Å². The normalized spacial score (nSPS) is 11.1. The van der Waals surface area contributed by atoms with Gasteiger partial charge in [-0.2, -0.15) is 0 Å². The maximum Gasteiger partial charge on any atom is 0.248 e. The highest BCUT2D eigenvalue weighted by atomic mass is 19.3. The number of halogens is 2. The van der Waals surface area contributed by atoms with Crippen molar-refractivity contribution >= 4 is 0 Å². The van der Waals surface area contributed by atoms with Gasteiger partial charge in [0.15, 0.2) is 0 Å². The first kappa shape index (κ1) is 10.3. The first-order valence-corrected chi connectivity index (χ1v) is 3.72. The minimum Gasteiger partial charge on any atom is -0.207 e. The number of alkyl halides is 2. The molecule has 0 spiro atoms. The molecule has 0 radical (unpaired) electrons. The maximum absolute atomic E-state index is 12.7. The summed E-state index contributed by atoms with van der Waals surface area (Å²) >= 11 is 0. The molecule has 0 aromatic heterocycles. The second kappa shape index (κ2) is 5.05. The van der Waals surface area contributed by atoms with E-state index in [1.165, 1.54) is 12.2 Å². The summed E-state index contributed by atoms with van der Waals surface area (Å²) < 4.78 is 25.4. The van der Waals surface area contributed by atoms with E-state index in [0.717, 1.165) is 0 Å². The third kappa shape index (κ3) is 5.77. The fourth-order valence-electron chi connectivity index (χ4n) is 0.751. The minimum absolute atomic E-state index is 0.0929. The average molecular weight is 160 g/mol. The van der Waals surface area contributed by atoms with Crippen LogP contribution < -0.4 is 0 Å². The molecule has 0 aliphatic carbocycles. The molecule has 0 bridgehead atoms. The van der Waals surface area contributed by atoms with Crippen LogP contribution in [0.15, 0.2) is 25.3 Å². The van der Waals surface area contributed by atoms with Crippen LogP contribution in [0.5, 0.6) is 0 Å². The van der Waals surface area contributed by atoms with Crippen LogP contribution in [0.1, 0.15) is 25.7 Å². The molecule has 0 rings (SSSR count). The van der Waals surface area contributed by atoms with Gasteiger partial charge < -0.3 is 0 Å². The number of hydrogen-bond donors (Lipinski definition) is 0. The SMILES string of the molecule is C=CCCC(F)(F)CCC=C. The van der Waals surface area contributed by atoms with Gasteiger partial charge in [-0.15, -0.1) is 13.2 Å². The van der Waals surface area contributed by atoms with Crippen molar-refractivity contribution < 1.29 is 8.78 Å². The fraction of sp³-hybridized carbons (Fsp3) is 0.556. The number of rotatable bonds is 6. The zero-order chi connectivity index (χ0) is 8.74. The second-order valence-corrected chi connectivity index (χ2v) is 2.51. The van der Waals surface area contributed by atoms with Crippen molar-refractivity contribution in [2.75, 3.05) is 0 Å². The molecule has 0 saturated heterocycles. The van der Waals surface area contributed by atoms with Gasteiger partial charge in [0, 0.05) is 12.8 Å². The van der Waals surface area contributed by atoms with E-state index in [0.29, 0.717) is 12.8 Å². The average Bonchev–Trinajstić information content (AvgIpc) is 1.97. The van der Waals surface area contributed by atoms with Crippen LogP contribution in [0, 0.1) is 0 Å². The Balaban J connectivity index is 3.59. The van der Waals surface area contributed by atoms with E-state index < -0.39 is 5.92 Å². The van der Waals surface area contributed by atoms with Crippen LogP contribution in [-0.2, 0) is 0 Å². The molecule has 0 amide bonds. The first-order chi connectivity index (χ1) is 5.12. The van der Waals surface area contributed by atoms with Crippen molar-refractivity contribution in [1.82, 2.24) is 0 Å². The Kier molecular flexibility index (Phi) is 4.75. The highest BCUT2D eigenvalue weighted by Crippen LogP contribution is 2.26. The molecule has 64 valence electrons. The minimum atomic E-state index is -2.54. The Labute approximate surface area is 66.6 Å². The van der Waals surface area contributed by atoms with Crippen molar-refractivity contribution in [3.05, 3.63) is 25.3 Å². The van der Waals surface area contributed by atoms with Gasteiger partial charge in [0.1, 0.15) is 0 Å². The summed E-state index contributed by atoms with van der Waals surface area (Å²) in [6.07, 6.45) is 3.60. The van der Waals surface area contributed by atoms with Crippen molar-refractivity contribution in [3.63, 3.8) is 0 Å². The number of hydrogen-bond acceptors (Lipinski definition) is 0. The summed E-state index contributed by atoms with van der Waals surface area (Å²) in [7, 11) is 0. The topological polar surface area (TPSA) is 0 Å². The summed E-state index contributed by atoms with van der Waals surface area (Å²) in [6.45, 7) is 6.78. The van der Waals surface area contributed by atoms with Crippen molar-refractivity contribution in [2.45, 2.75) is 31.6 Å². The van der Waals surface area contributed by atoms with Crippen molar-refractivity contribution in [2.24, 2.45) is 0 Å². The lowest BCUT2D eigenvalue weighted by Gasteiger charge is -2.13. The molecule has 0 saturated carbocycles. The summed E-state index contributed by atoms with van der Waals surface area (Å²) in [4.78, 5) is 0. The van der Waals surface area contributed by atoms with E-state index in [1.54, 1.807) is 0 Å². The Bertz CT molecular complexity index is 114. The second-order valence-electron chi connectivity index (χ2n) is 2.51. The summed E-state index contributed by atoms with van der Waals surface area (Å²) in [6, 6.07) is 0. The van der Waals surface area contributed by atoms with E-state index in [2.05, 4.69) is 13.2 Å². The van der Waals surface area contributed by atoms with E-state index in [1.807, 2.05) is 0 Å². The van der Waals surface area contributed by atoms with Gasteiger partial charge in [-0.05, 0) is 12.8 Å². The maximum atomic E-state index is 12.7. The lowest BCUT2D eigenvalue weighted by Crippen LogP contribution is -2.14. The molecule has 0 atom stereocenters. The largest absolute Gasteiger partial charge is 0.248 e.